The highest BCUT2D eigenvalue weighted by atomic mass is 35.5. The van der Waals surface area contributed by atoms with Crippen LogP contribution in [0.5, 0.6) is 0 Å². The maximum atomic E-state index is 5.99. The van der Waals surface area contributed by atoms with E-state index in [1.165, 1.54) is 0 Å². The number of nitrogens with zero attached hydrogens (tertiary/aromatic N) is 2. The van der Waals surface area contributed by atoms with Crippen molar-refractivity contribution in [3.63, 3.8) is 0 Å². The van der Waals surface area contributed by atoms with Gasteiger partial charge in [0.1, 0.15) is 11.5 Å². The van der Waals surface area contributed by atoms with E-state index in [0.29, 0.717) is 28.1 Å². The molecule has 1 heterocycles. The lowest BCUT2D eigenvalue weighted by Gasteiger charge is -2.03. The average Bonchev–Trinajstić information content (AvgIpc) is 2.66. The van der Waals surface area contributed by atoms with Crippen molar-refractivity contribution in [2.24, 2.45) is 0 Å². The highest BCUT2D eigenvalue weighted by Gasteiger charge is 2.10. The molecule has 0 aliphatic heterocycles. The molecule has 0 amide bonds. The summed E-state index contributed by atoms with van der Waals surface area (Å²) >= 11 is 11.8. The minimum Gasteiger partial charge on any atom is -0.383 e. The van der Waals surface area contributed by atoms with Crippen LogP contribution in [0.15, 0.2) is 37.2 Å². The molecule has 0 atom stereocenters. The van der Waals surface area contributed by atoms with E-state index in [4.69, 9.17) is 28.9 Å². The van der Waals surface area contributed by atoms with Crippen LogP contribution < -0.4 is 5.73 Å². The molecule has 88 valence electrons. The standard InChI is InChI=1S/C12H11Cl2N3/c1-2-5-17-7-16-11(12(17)15)8-3-4-9(13)10(14)6-8/h2-4,6-7H,1,5,15H2. The Hall–Kier alpha value is -1.45. The summed E-state index contributed by atoms with van der Waals surface area (Å²) < 4.78 is 1.81. The van der Waals surface area contributed by atoms with Gasteiger partial charge in [0.2, 0.25) is 0 Å². The minimum absolute atomic E-state index is 0.488. The van der Waals surface area contributed by atoms with E-state index in [2.05, 4.69) is 11.6 Å². The molecule has 0 aliphatic rings. The van der Waals surface area contributed by atoms with Gasteiger partial charge in [-0.15, -0.1) is 6.58 Å². The van der Waals surface area contributed by atoms with Crippen molar-refractivity contribution in [2.45, 2.75) is 6.54 Å². The molecule has 2 N–H and O–H groups in total. The maximum Gasteiger partial charge on any atom is 0.131 e. The average molecular weight is 268 g/mol. The van der Waals surface area contributed by atoms with E-state index in [1.807, 2.05) is 10.6 Å². The minimum atomic E-state index is 0.488. The first-order valence-corrected chi connectivity index (χ1v) is 5.76. The molecule has 0 fully saturated rings. The highest BCUT2D eigenvalue weighted by molar-refractivity contribution is 6.42. The Kier molecular flexibility index (Phi) is 3.41. The van der Waals surface area contributed by atoms with Gasteiger partial charge in [0.15, 0.2) is 0 Å². The lowest BCUT2D eigenvalue weighted by molar-refractivity contribution is 0.833. The summed E-state index contributed by atoms with van der Waals surface area (Å²) in [5.74, 6) is 0.586. The lowest BCUT2D eigenvalue weighted by Crippen LogP contribution is -2.00. The predicted molar refractivity (Wildman–Crippen MR) is 72.3 cm³/mol. The Balaban J connectivity index is 2.46. The fourth-order valence-electron chi connectivity index (χ4n) is 1.54. The molecule has 2 rings (SSSR count). The Morgan fingerprint density at radius 1 is 1.35 bits per heavy atom. The smallest absolute Gasteiger partial charge is 0.131 e. The molecule has 0 saturated heterocycles. The lowest BCUT2D eigenvalue weighted by atomic mass is 10.1. The van der Waals surface area contributed by atoms with Crippen molar-refractivity contribution in [3.8, 4) is 11.3 Å². The van der Waals surface area contributed by atoms with Crippen molar-refractivity contribution < 1.29 is 0 Å². The third-order valence-corrected chi connectivity index (χ3v) is 3.14. The number of aromatic nitrogens is 2. The number of rotatable bonds is 3. The normalized spacial score (nSPS) is 10.5. The molecule has 1 aromatic carbocycles. The highest BCUT2D eigenvalue weighted by Crippen LogP contribution is 2.30. The van der Waals surface area contributed by atoms with Crippen LogP contribution >= 0.6 is 23.2 Å². The molecule has 0 radical (unpaired) electrons. The zero-order valence-corrected chi connectivity index (χ0v) is 10.5. The van der Waals surface area contributed by atoms with Crippen molar-refractivity contribution in [2.75, 3.05) is 5.73 Å². The van der Waals surface area contributed by atoms with E-state index in [0.717, 1.165) is 5.56 Å². The van der Waals surface area contributed by atoms with E-state index in [-0.39, 0.29) is 0 Å². The summed E-state index contributed by atoms with van der Waals surface area (Å²) in [6.07, 6.45) is 3.44. The summed E-state index contributed by atoms with van der Waals surface area (Å²) in [5.41, 5.74) is 7.53. The summed E-state index contributed by atoms with van der Waals surface area (Å²) in [6.45, 7) is 4.29. The van der Waals surface area contributed by atoms with Gasteiger partial charge < -0.3 is 10.3 Å². The number of hydrogen-bond acceptors (Lipinski definition) is 2. The van der Waals surface area contributed by atoms with Gasteiger partial charge in [-0.05, 0) is 12.1 Å². The van der Waals surface area contributed by atoms with Crippen LogP contribution in [-0.4, -0.2) is 9.55 Å². The molecule has 0 spiro atoms. The molecular weight excluding hydrogens is 257 g/mol. The zero-order valence-electron chi connectivity index (χ0n) is 9.03. The zero-order chi connectivity index (χ0) is 12.4. The van der Waals surface area contributed by atoms with E-state index in [1.54, 1.807) is 24.5 Å². The second-order valence-electron chi connectivity index (χ2n) is 3.55. The van der Waals surface area contributed by atoms with Gasteiger partial charge in [0.05, 0.1) is 16.4 Å². The van der Waals surface area contributed by atoms with Crippen LogP contribution in [0.3, 0.4) is 0 Å². The third-order valence-electron chi connectivity index (χ3n) is 2.40. The van der Waals surface area contributed by atoms with Crippen LogP contribution in [0, 0.1) is 0 Å². The Labute approximate surface area is 109 Å². The van der Waals surface area contributed by atoms with Crippen LogP contribution in [-0.2, 0) is 6.54 Å². The number of imidazole rings is 1. The van der Waals surface area contributed by atoms with E-state index >= 15 is 0 Å². The molecule has 1 aromatic heterocycles. The summed E-state index contributed by atoms with van der Waals surface area (Å²) in [4.78, 5) is 4.26. The number of allylic oxidation sites excluding steroid dienone is 1. The topological polar surface area (TPSA) is 43.8 Å². The third kappa shape index (κ3) is 2.30. The number of benzene rings is 1. The number of halogens is 2. The first-order chi connectivity index (χ1) is 8.13. The molecule has 0 unspecified atom stereocenters. The van der Waals surface area contributed by atoms with Crippen LogP contribution in [0.25, 0.3) is 11.3 Å². The Morgan fingerprint density at radius 2 is 2.12 bits per heavy atom. The van der Waals surface area contributed by atoms with Gasteiger partial charge in [-0.3, -0.25) is 0 Å². The van der Waals surface area contributed by atoms with E-state index < -0.39 is 0 Å². The van der Waals surface area contributed by atoms with Crippen molar-refractivity contribution in [3.05, 3.63) is 47.2 Å². The first-order valence-electron chi connectivity index (χ1n) is 5.00. The summed E-state index contributed by atoms with van der Waals surface area (Å²) in [5, 5.41) is 1.00. The van der Waals surface area contributed by atoms with Gasteiger partial charge in [0.25, 0.3) is 0 Å². The molecule has 0 saturated carbocycles. The van der Waals surface area contributed by atoms with Crippen molar-refractivity contribution in [1.82, 2.24) is 9.55 Å². The fraction of sp³-hybridized carbons (Fsp3) is 0.0833. The van der Waals surface area contributed by atoms with Gasteiger partial charge in [-0.2, -0.15) is 0 Å². The van der Waals surface area contributed by atoms with Crippen molar-refractivity contribution in [1.29, 1.82) is 0 Å². The summed E-state index contributed by atoms with van der Waals surface area (Å²) in [6, 6.07) is 5.32. The van der Waals surface area contributed by atoms with Crippen LogP contribution in [0.1, 0.15) is 0 Å². The second kappa shape index (κ2) is 4.82. The molecule has 0 aliphatic carbocycles. The largest absolute Gasteiger partial charge is 0.383 e. The van der Waals surface area contributed by atoms with Gasteiger partial charge >= 0.3 is 0 Å². The maximum absolute atomic E-state index is 5.99. The second-order valence-corrected chi connectivity index (χ2v) is 4.36. The molecule has 3 nitrogen and oxygen atoms in total. The molecular formula is C12H11Cl2N3. The number of anilines is 1. The van der Waals surface area contributed by atoms with Crippen LogP contribution in [0.4, 0.5) is 5.82 Å². The molecule has 2 aromatic rings. The van der Waals surface area contributed by atoms with Gasteiger partial charge in [0, 0.05) is 12.1 Å². The first kappa shape index (κ1) is 12.0. The number of hydrogen-bond donors (Lipinski definition) is 1. The quantitative estimate of drug-likeness (QED) is 0.864. The molecule has 0 bridgehead atoms. The monoisotopic (exact) mass is 267 g/mol. The van der Waals surface area contributed by atoms with Gasteiger partial charge in [-0.25, -0.2) is 4.98 Å². The SMILES string of the molecule is C=CCn1cnc(-c2ccc(Cl)c(Cl)c2)c1N. The molecule has 17 heavy (non-hydrogen) atoms. The van der Waals surface area contributed by atoms with Crippen LogP contribution in [0.2, 0.25) is 10.0 Å². The number of nitrogen functional groups attached to an aromatic ring is 1. The van der Waals surface area contributed by atoms with E-state index in [9.17, 15) is 0 Å². The Morgan fingerprint density at radius 3 is 2.76 bits per heavy atom. The van der Waals surface area contributed by atoms with Gasteiger partial charge in [-0.1, -0.05) is 35.3 Å². The predicted octanol–water partition coefficient (Wildman–Crippen LogP) is 3.63. The summed E-state index contributed by atoms with van der Waals surface area (Å²) in [7, 11) is 0. The Bertz CT molecular complexity index is 561. The molecule has 5 heteroatoms. The number of nitrogens with two attached hydrogens (primary N) is 1. The van der Waals surface area contributed by atoms with Crippen molar-refractivity contribution >= 4 is 29.0 Å². The fourth-order valence-corrected chi connectivity index (χ4v) is 1.84.